The number of likely N-dealkylation sites (N-methyl/N-ethyl adjacent to an activating group) is 1. The van der Waals surface area contributed by atoms with Crippen LogP contribution in [-0.2, 0) is 9.59 Å². The van der Waals surface area contributed by atoms with Crippen LogP contribution in [-0.4, -0.2) is 74.0 Å². The third-order valence-corrected chi connectivity index (χ3v) is 3.44. The van der Waals surface area contributed by atoms with Crippen molar-refractivity contribution in [3.05, 3.63) is 0 Å². The smallest absolute Gasteiger partial charge is 0.237 e. The van der Waals surface area contributed by atoms with Crippen LogP contribution in [0.15, 0.2) is 0 Å². The van der Waals surface area contributed by atoms with Gasteiger partial charge in [0.15, 0.2) is 0 Å². The lowest BCUT2D eigenvalue weighted by molar-refractivity contribution is -0.134. The average Bonchev–Trinajstić information content (AvgIpc) is 2.44. The standard InChI is InChI=1S/C13H26N4O2/c1-4-5-15-13(19)11(2)16(3)10-12(18)17-8-6-14-7-9-17/h11,14H,4-10H2,1-3H3,(H,15,19). The quantitative estimate of drug-likeness (QED) is 0.667. The van der Waals surface area contributed by atoms with Crippen molar-refractivity contribution < 1.29 is 9.59 Å². The van der Waals surface area contributed by atoms with Crippen molar-refractivity contribution in [1.82, 2.24) is 20.4 Å². The van der Waals surface area contributed by atoms with Crippen molar-refractivity contribution in [2.45, 2.75) is 26.3 Å². The largest absolute Gasteiger partial charge is 0.355 e. The Labute approximate surface area is 115 Å². The Morgan fingerprint density at radius 1 is 1.37 bits per heavy atom. The molecule has 0 bridgehead atoms. The van der Waals surface area contributed by atoms with Crippen molar-refractivity contribution in [3.8, 4) is 0 Å². The van der Waals surface area contributed by atoms with Gasteiger partial charge in [0.2, 0.25) is 11.8 Å². The Morgan fingerprint density at radius 3 is 2.58 bits per heavy atom. The molecular formula is C13H26N4O2. The van der Waals surface area contributed by atoms with E-state index in [4.69, 9.17) is 0 Å². The highest BCUT2D eigenvalue weighted by Gasteiger charge is 2.23. The van der Waals surface area contributed by atoms with E-state index in [-0.39, 0.29) is 17.9 Å². The van der Waals surface area contributed by atoms with E-state index in [1.165, 1.54) is 0 Å². The van der Waals surface area contributed by atoms with Gasteiger partial charge in [0.05, 0.1) is 12.6 Å². The summed E-state index contributed by atoms with van der Waals surface area (Å²) < 4.78 is 0. The van der Waals surface area contributed by atoms with E-state index in [1.807, 2.05) is 25.8 Å². The van der Waals surface area contributed by atoms with E-state index in [2.05, 4.69) is 10.6 Å². The summed E-state index contributed by atoms with van der Waals surface area (Å²) in [6, 6.07) is -0.279. The van der Waals surface area contributed by atoms with Crippen LogP contribution in [0.4, 0.5) is 0 Å². The molecule has 0 radical (unpaired) electrons. The number of hydrogen-bond acceptors (Lipinski definition) is 4. The fourth-order valence-corrected chi connectivity index (χ4v) is 1.96. The molecule has 1 rings (SSSR count). The highest BCUT2D eigenvalue weighted by Crippen LogP contribution is 2.00. The van der Waals surface area contributed by atoms with E-state index >= 15 is 0 Å². The summed E-state index contributed by atoms with van der Waals surface area (Å²) in [5.74, 6) is 0.0802. The number of rotatable bonds is 6. The second-order valence-electron chi connectivity index (χ2n) is 5.01. The zero-order chi connectivity index (χ0) is 14.3. The van der Waals surface area contributed by atoms with Crippen molar-refractivity contribution in [2.24, 2.45) is 0 Å². The van der Waals surface area contributed by atoms with Gasteiger partial charge in [-0.05, 0) is 20.4 Å². The Hall–Kier alpha value is -1.14. The maximum Gasteiger partial charge on any atom is 0.237 e. The van der Waals surface area contributed by atoms with Gasteiger partial charge >= 0.3 is 0 Å². The van der Waals surface area contributed by atoms with Crippen LogP contribution in [0.3, 0.4) is 0 Å². The monoisotopic (exact) mass is 270 g/mol. The first kappa shape index (κ1) is 15.9. The van der Waals surface area contributed by atoms with Crippen LogP contribution in [0.5, 0.6) is 0 Å². The zero-order valence-corrected chi connectivity index (χ0v) is 12.2. The first-order valence-electron chi connectivity index (χ1n) is 7.02. The maximum atomic E-state index is 12.1. The van der Waals surface area contributed by atoms with Crippen LogP contribution in [0.25, 0.3) is 0 Å². The van der Waals surface area contributed by atoms with Gasteiger partial charge in [-0.3, -0.25) is 14.5 Å². The molecule has 1 unspecified atom stereocenters. The topological polar surface area (TPSA) is 64.7 Å². The summed E-state index contributed by atoms with van der Waals surface area (Å²) in [6.45, 7) is 8.03. The lowest BCUT2D eigenvalue weighted by Gasteiger charge is -2.30. The van der Waals surface area contributed by atoms with Gasteiger partial charge < -0.3 is 15.5 Å². The average molecular weight is 270 g/mol. The molecule has 0 aromatic carbocycles. The molecule has 19 heavy (non-hydrogen) atoms. The summed E-state index contributed by atoms with van der Waals surface area (Å²) in [7, 11) is 1.82. The number of carbonyl (C=O) groups is 2. The number of amides is 2. The van der Waals surface area contributed by atoms with Crippen LogP contribution >= 0.6 is 0 Å². The first-order chi connectivity index (χ1) is 9.06. The third kappa shape index (κ3) is 5.16. The van der Waals surface area contributed by atoms with Gasteiger partial charge in [-0.25, -0.2) is 0 Å². The molecule has 0 spiro atoms. The zero-order valence-electron chi connectivity index (χ0n) is 12.2. The van der Waals surface area contributed by atoms with Crippen LogP contribution in [0, 0.1) is 0 Å². The summed E-state index contributed by atoms with van der Waals surface area (Å²) in [4.78, 5) is 27.5. The van der Waals surface area contributed by atoms with Crippen molar-refractivity contribution in [1.29, 1.82) is 0 Å². The van der Waals surface area contributed by atoms with Gasteiger partial charge in [0, 0.05) is 32.7 Å². The molecule has 1 aliphatic heterocycles. The molecular weight excluding hydrogens is 244 g/mol. The minimum Gasteiger partial charge on any atom is -0.355 e. The molecule has 6 nitrogen and oxygen atoms in total. The SMILES string of the molecule is CCCNC(=O)C(C)N(C)CC(=O)N1CCNCC1. The molecule has 1 aliphatic rings. The second-order valence-corrected chi connectivity index (χ2v) is 5.01. The van der Waals surface area contributed by atoms with Crippen molar-refractivity contribution in [2.75, 3.05) is 46.3 Å². The van der Waals surface area contributed by atoms with Crippen LogP contribution < -0.4 is 10.6 Å². The second kappa shape index (κ2) is 8.12. The Bertz CT molecular complexity index is 303. The van der Waals surface area contributed by atoms with Gasteiger partial charge in [0.25, 0.3) is 0 Å². The molecule has 1 saturated heterocycles. The third-order valence-electron chi connectivity index (χ3n) is 3.44. The summed E-state index contributed by atoms with van der Waals surface area (Å²) in [5, 5.41) is 6.07. The van der Waals surface area contributed by atoms with Gasteiger partial charge in [-0.1, -0.05) is 6.92 Å². The summed E-state index contributed by atoms with van der Waals surface area (Å²) >= 11 is 0. The van der Waals surface area contributed by atoms with Gasteiger partial charge in [-0.15, -0.1) is 0 Å². The number of nitrogens with one attached hydrogen (secondary N) is 2. The molecule has 110 valence electrons. The Kier molecular flexibility index (Phi) is 6.80. The Balaban J connectivity index is 2.37. The van der Waals surface area contributed by atoms with E-state index in [0.717, 1.165) is 32.6 Å². The van der Waals surface area contributed by atoms with E-state index in [9.17, 15) is 9.59 Å². The van der Waals surface area contributed by atoms with E-state index in [1.54, 1.807) is 4.90 Å². The predicted octanol–water partition coefficient (Wildman–Crippen LogP) is -0.735. The predicted molar refractivity (Wildman–Crippen MR) is 74.8 cm³/mol. The summed E-state index contributed by atoms with van der Waals surface area (Å²) in [6.07, 6.45) is 0.919. The number of hydrogen-bond donors (Lipinski definition) is 2. The number of carbonyl (C=O) groups excluding carboxylic acids is 2. The lowest BCUT2D eigenvalue weighted by Crippen LogP contribution is -2.52. The normalized spacial score (nSPS) is 17.4. The summed E-state index contributed by atoms with van der Waals surface area (Å²) in [5.41, 5.74) is 0. The maximum absolute atomic E-state index is 12.1. The molecule has 0 aromatic heterocycles. The van der Waals surface area contributed by atoms with Crippen LogP contribution in [0.2, 0.25) is 0 Å². The number of nitrogens with zero attached hydrogens (tertiary/aromatic N) is 2. The molecule has 1 fully saturated rings. The van der Waals surface area contributed by atoms with Gasteiger partial charge in [-0.2, -0.15) is 0 Å². The molecule has 6 heteroatoms. The van der Waals surface area contributed by atoms with Crippen LogP contribution in [0.1, 0.15) is 20.3 Å². The number of piperazine rings is 1. The highest BCUT2D eigenvalue weighted by molar-refractivity contribution is 5.83. The Morgan fingerprint density at radius 2 is 2.00 bits per heavy atom. The molecule has 1 heterocycles. The fraction of sp³-hybridized carbons (Fsp3) is 0.846. The lowest BCUT2D eigenvalue weighted by atomic mass is 10.2. The van der Waals surface area contributed by atoms with Crippen molar-refractivity contribution in [3.63, 3.8) is 0 Å². The van der Waals surface area contributed by atoms with E-state index < -0.39 is 0 Å². The molecule has 2 amide bonds. The van der Waals surface area contributed by atoms with Gasteiger partial charge in [0.1, 0.15) is 0 Å². The molecule has 2 N–H and O–H groups in total. The molecule has 0 aromatic rings. The molecule has 1 atom stereocenters. The van der Waals surface area contributed by atoms with Crippen molar-refractivity contribution >= 4 is 11.8 Å². The fourth-order valence-electron chi connectivity index (χ4n) is 1.96. The highest BCUT2D eigenvalue weighted by atomic mass is 16.2. The molecule has 0 aliphatic carbocycles. The first-order valence-corrected chi connectivity index (χ1v) is 7.02. The minimum atomic E-state index is -0.279. The molecule has 0 saturated carbocycles. The van der Waals surface area contributed by atoms with E-state index in [0.29, 0.717) is 13.1 Å². The minimum absolute atomic E-state index is 0.0162.